The van der Waals surface area contributed by atoms with Gasteiger partial charge in [0.05, 0.1) is 5.56 Å². The van der Waals surface area contributed by atoms with Crippen molar-refractivity contribution in [1.29, 1.82) is 0 Å². The molecular weight excluding hydrogens is 264 g/mol. The van der Waals surface area contributed by atoms with E-state index in [4.69, 9.17) is 5.11 Å². The molecule has 4 heteroatoms. The Labute approximate surface area is 124 Å². The maximum atomic E-state index is 12.1. The van der Waals surface area contributed by atoms with Crippen molar-refractivity contribution >= 4 is 5.91 Å². The molecule has 0 radical (unpaired) electrons. The highest BCUT2D eigenvalue weighted by atomic mass is 16.3. The van der Waals surface area contributed by atoms with E-state index in [1.807, 2.05) is 38.1 Å². The highest BCUT2D eigenvalue weighted by molar-refractivity contribution is 5.95. The van der Waals surface area contributed by atoms with Gasteiger partial charge in [-0.15, -0.1) is 0 Å². The van der Waals surface area contributed by atoms with E-state index in [1.165, 1.54) is 5.56 Å². The first kappa shape index (κ1) is 15.2. The van der Waals surface area contributed by atoms with Crippen LogP contribution in [0.3, 0.4) is 0 Å². The molecule has 0 bridgehead atoms. The lowest BCUT2D eigenvalue weighted by atomic mass is 10.0. The number of aliphatic hydroxyl groups excluding tert-OH is 1. The molecule has 0 aliphatic rings. The van der Waals surface area contributed by atoms with Crippen LogP contribution in [0.2, 0.25) is 0 Å². The fraction of sp³-hybridized carbons (Fsp3) is 0.294. The Morgan fingerprint density at radius 2 is 2.10 bits per heavy atom. The first-order chi connectivity index (χ1) is 10.1. The van der Waals surface area contributed by atoms with Gasteiger partial charge in [-0.1, -0.05) is 29.8 Å². The number of amides is 1. The summed E-state index contributed by atoms with van der Waals surface area (Å²) >= 11 is 0. The third-order valence-corrected chi connectivity index (χ3v) is 3.29. The van der Waals surface area contributed by atoms with Crippen LogP contribution in [0.5, 0.6) is 0 Å². The van der Waals surface area contributed by atoms with Crippen molar-refractivity contribution in [3.63, 3.8) is 0 Å². The van der Waals surface area contributed by atoms with Crippen molar-refractivity contribution in [3.05, 3.63) is 53.9 Å². The Morgan fingerprint density at radius 3 is 2.81 bits per heavy atom. The van der Waals surface area contributed by atoms with Crippen LogP contribution in [0, 0.1) is 6.92 Å². The molecule has 4 nitrogen and oxygen atoms in total. The summed E-state index contributed by atoms with van der Waals surface area (Å²) in [6.07, 6.45) is 3.85. The second-order valence-corrected chi connectivity index (χ2v) is 5.22. The number of pyridine rings is 1. The molecule has 110 valence electrons. The van der Waals surface area contributed by atoms with Crippen LogP contribution in [-0.2, 0) is 0 Å². The minimum Gasteiger partial charge on any atom is -0.396 e. The SMILES string of the molecule is Cc1cccc(-c2cncc(C(=O)NC(C)CCO)c2)c1. The zero-order valence-corrected chi connectivity index (χ0v) is 12.3. The molecule has 0 aliphatic heterocycles. The number of aliphatic hydroxyl groups is 1. The fourth-order valence-corrected chi connectivity index (χ4v) is 2.12. The molecule has 0 saturated heterocycles. The molecular formula is C17H20N2O2. The number of nitrogens with one attached hydrogen (secondary N) is 1. The second-order valence-electron chi connectivity index (χ2n) is 5.22. The smallest absolute Gasteiger partial charge is 0.253 e. The van der Waals surface area contributed by atoms with Gasteiger partial charge in [-0.2, -0.15) is 0 Å². The van der Waals surface area contributed by atoms with E-state index in [0.29, 0.717) is 12.0 Å². The summed E-state index contributed by atoms with van der Waals surface area (Å²) < 4.78 is 0. The summed E-state index contributed by atoms with van der Waals surface area (Å²) in [4.78, 5) is 16.3. The van der Waals surface area contributed by atoms with E-state index in [0.717, 1.165) is 11.1 Å². The van der Waals surface area contributed by atoms with Crippen molar-refractivity contribution in [1.82, 2.24) is 10.3 Å². The highest BCUT2D eigenvalue weighted by Gasteiger charge is 2.11. The minimum absolute atomic E-state index is 0.0586. The van der Waals surface area contributed by atoms with Gasteiger partial charge in [-0.3, -0.25) is 9.78 Å². The average Bonchev–Trinajstić information content (AvgIpc) is 2.47. The first-order valence-corrected chi connectivity index (χ1v) is 7.04. The number of rotatable bonds is 5. The Hall–Kier alpha value is -2.20. The van der Waals surface area contributed by atoms with E-state index in [2.05, 4.69) is 16.4 Å². The van der Waals surface area contributed by atoms with Gasteiger partial charge in [0.15, 0.2) is 0 Å². The number of aromatic nitrogens is 1. The Bertz CT molecular complexity index is 626. The van der Waals surface area contributed by atoms with Gasteiger partial charge < -0.3 is 10.4 Å². The lowest BCUT2D eigenvalue weighted by Crippen LogP contribution is -2.33. The molecule has 21 heavy (non-hydrogen) atoms. The van der Waals surface area contributed by atoms with Crippen LogP contribution < -0.4 is 5.32 Å². The normalized spacial score (nSPS) is 12.0. The van der Waals surface area contributed by atoms with Crippen LogP contribution in [0.15, 0.2) is 42.7 Å². The number of benzene rings is 1. The molecule has 1 amide bonds. The summed E-state index contributed by atoms with van der Waals surface area (Å²) in [6.45, 7) is 3.96. The van der Waals surface area contributed by atoms with E-state index in [-0.39, 0.29) is 18.6 Å². The molecule has 1 atom stereocenters. The molecule has 1 aromatic carbocycles. The molecule has 1 aromatic heterocycles. The summed E-state index contributed by atoms with van der Waals surface area (Å²) in [7, 11) is 0. The van der Waals surface area contributed by atoms with Gasteiger partial charge in [0.25, 0.3) is 5.91 Å². The quantitative estimate of drug-likeness (QED) is 0.887. The lowest BCUT2D eigenvalue weighted by molar-refractivity contribution is 0.0934. The van der Waals surface area contributed by atoms with Crippen molar-refractivity contribution in [2.75, 3.05) is 6.61 Å². The first-order valence-electron chi connectivity index (χ1n) is 7.04. The third kappa shape index (κ3) is 4.13. The number of hydrogen-bond donors (Lipinski definition) is 2. The molecule has 1 unspecified atom stereocenters. The minimum atomic E-state index is -0.169. The molecule has 0 spiro atoms. The number of carbonyl (C=O) groups is 1. The monoisotopic (exact) mass is 284 g/mol. The summed E-state index contributed by atoms with van der Waals surface area (Å²) in [5, 5.41) is 11.7. The summed E-state index contributed by atoms with van der Waals surface area (Å²) in [6, 6.07) is 9.85. The van der Waals surface area contributed by atoms with E-state index in [9.17, 15) is 4.79 Å². The maximum absolute atomic E-state index is 12.1. The van der Waals surface area contributed by atoms with E-state index < -0.39 is 0 Å². The Kier molecular flexibility index (Phi) is 5.06. The van der Waals surface area contributed by atoms with Gasteiger partial charge in [-0.25, -0.2) is 0 Å². The van der Waals surface area contributed by atoms with Crippen LogP contribution in [0.25, 0.3) is 11.1 Å². The molecule has 0 saturated carbocycles. The van der Waals surface area contributed by atoms with Crippen molar-refractivity contribution in [2.24, 2.45) is 0 Å². The van der Waals surface area contributed by atoms with Gasteiger partial charge in [0.1, 0.15) is 0 Å². The lowest BCUT2D eigenvalue weighted by Gasteiger charge is -2.12. The number of hydrogen-bond acceptors (Lipinski definition) is 3. The van der Waals surface area contributed by atoms with Crippen LogP contribution in [0.4, 0.5) is 0 Å². The number of nitrogens with zero attached hydrogens (tertiary/aromatic N) is 1. The van der Waals surface area contributed by atoms with Crippen molar-refractivity contribution in [3.8, 4) is 11.1 Å². The predicted octanol–water partition coefficient (Wildman–Crippen LogP) is 2.56. The number of aryl methyl sites for hydroxylation is 1. The topological polar surface area (TPSA) is 62.2 Å². The third-order valence-electron chi connectivity index (χ3n) is 3.29. The van der Waals surface area contributed by atoms with Gasteiger partial charge >= 0.3 is 0 Å². The molecule has 0 fully saturated rings. The molecule has 2 N–H and O–H groups in total. The molecule has 1 heterocycles. The van der Waals surface area contributed by atoms with E-state index >= 15 is 0 Å². The maximum Gasteiger partial charge on any atom is 0.253 e. The average molecular weight is 284 g/mol. The summed E-state index contributed by atoms with van der Waals surface area (Å²) in [5.41, 5.74) is 3.65. The standard InChI is InChI=1S/C17H20N2O2/c1-12-4-3-5-14(8-12)15-9-16(11-18-10-15)17(21)19-13(2)6-7-20/h3-5,8-11,13,20H,6-7H2,1-2H3,(H,19,21). The predicted molar refractivity (Wildman–Crippen MR) is 83.0 cm³/mol. The largest absolute Gasteiger partial charge is 0.396 e. The van der Waals surface area contributed by atoms with Crippen molar-refractivity contribution < 1.29 is 9.90 Å². The molecule has 0 aliphatic carbocycles. The summed E-state index contributed by atoms with van der Waals surface area (Å²) in [5.74, 6) is -0.169. The van der Waals surface area contributed by atoms with Gasteiger partial charge in [-0.05, 0) is 31.9 Å². The zero-order chi connectivity index (χ0) is 15.2. The number of carbonyl (C=O) groups excluding carboxylic acids is 1. The van der Waals surface area contributed by atoms with Crippen LogP contribution >= 0.6 is 0 Å². The van der Waals surface area contributed by atoms with Gasteiger partial charge in [0.2, 0.25) is 0 Å². The Morgan fingerprint density at radius 1 is 1.29 bits per heavy atom. The highest BCUT2D eigenvalue weighted by Crippen LogP contribution is 2.20. The fourth-order valence-electron chi connectivity index (χ4n) is 2.12. The van der Waals surface area contributed by atoms with Gasteiger partial charge in [0, 0.05) is 30.6 Å². The second kappa shape index (κ2) is 6.99. The molecule has 2 aromatic rings. The zero-order valence-electron chi connectivity index (χ0n) is 12.3. The Balaban J connectivity index is 2.19. The molecule has 2 rings (SSSR count). The van der Waals surface area contributed by atoms with Crippen molar-refractivity contribution in [2.45, 2.75) is 26.3 Å². The van der Waals surface area contributed by atoms with Crippen LogP contribution in [0.1, 0.15) is 29.3 Å². The van der Waals surface area contributed by atoms with E-state index in [1.54, 1.807) is 12.4 Å². The van der Waals surface area contributed by atoms with Crippen LogP contribution in [-0.4, -0.2) is 28.6 Å².